The second kappa shape index (κ2) is 3.81. The lowest BCUT2D eigenvalue weighted by atomic mass is 9.72. The maximum Gasteiger partial charge on any atom is 0.335 e. The van der Waals surface area contributed by atoms with Crippen molar-refractivity contribution in [3.63, 3.8) is 0 Å². The third kappa shape index (κ3) is 1.84. The minimum absolute atomic E-state index is 0.103. The van der Waals surface area contributed by atoms with Gasteiger partial charge in [-0.3, -0.25) is 0 Å². The molecule has 3 heteroatoms. The van der Waals surface area contributed by atoms with Gasteiger partial charge in [-0.2, -0.15) is 0 Å². The summed E-state index contributed by atoms with van der Waals surface area (Å²) in [4.78, 5) is 11.0. The molecule has 2 atom stereocenters. The first-order valence-corrected chi connectivity index (χ1v) is 5.17. The summed E-state index contributed by atoms with van der Waals surface area (Å²) in [6.45, 7) is 7.27. The van der Waals surface area contributed by atoms with Gasteiger partial charge in [-0.1, -0.05) is 12.5 Å². The Hall–Kier alpha value is -1.09. The summed E-state index contributed by atoms with van der Waals surface area (Å²) in [7, 11) is 0. The number of carboxylic acid groups (broad SMARTS) is 1. The summed E-state index contributed by atoms with van der Waals surface area (Å²) in [5.41, 5.74) is 0.890. The van der Waals surface area contributed by atoms with Crippen LogP contribution < -0.4 is 0 Å². The summed E-state index contributed by atoms with van der Waals surface area (Å²) in [5.74, 6) is -1.02. The van der Waals surface area contributed by atoms with Gasteiger partial charge in [-0.05, 0) is 38.8 Å². The lowest BCUT2D eigenvalue weighted by Gasteiger charge is -2.37. The Labute approximate surface area is 90.1 Å². The molecule has 0 aromatic carbocycles. The van der Waals surface area contributed by atoms with Crippen molar-refractivity contribution < 1.29 is 15.0 Å². The number of hydrogen-bond acceptors (Lipinski definition) is 2. The summed E-state index contributed by atoms with van der Waals surface area (Å²) in [6, 6.07) is 0. The number of aliphatic carboxylic acids is 1. The molecular formula is C12H18O3. The molecule has 2 N–H and O–H groups in total. The van der Waals surface area contributed by atoms with Gasteiger partial charge in [0.2, 0.25) is 0 Å². The topological polar surface area (TPSA) is 57.5 Å². The van der Waals surface area contributed by atoms with Crippen LogP contribution in [-0.2, 0) is 4.79 Å². The van der Waals surface area contributed by atoms with Crippen molar-refractivity contribution in [1.82, 2.24) is 0 Å². The van der Waals surface area contributed by atoms with E-state index < -0.39 is 11.6 Å². The average molecular weight is 210 g/mol. The molecule has 2 unspecified atom stereocenters. The van der Waals surface area contributed by atoms with Crippen LogP contribution in [0.15, 0.2) is 22.8 Å². The SMILES string of the molecule is CCC1C(C)=C(C(=O)O)C=C(C)C1(C)O. The standard InChI is InChI=1S/C12H18O3/c1-5-10-8(3)9(11(13)14)6-7(2)12(10,4)15/h6,10,15H,5H2,1-4H3,(H,13,14). The predicted molar refractivity (Wildman–Crippen MR) is 58.5 cm³/mol. The van der Waals surface area contributed by atoms with Crippen LogP contribution >= 0.6 is 0 Å². The molecule has 1 aliphatic carbocycles. The second-order valence-electron chi connectivity index (χ2n) is 4.34. The number of aliphatic hydroxyl groups is 1. The highest BCUT2D eigenvalue weighted by Crippen LogP contribution is 2.39. The van der Waals surface area contributed by atoms with Crippen LogP contribution in [0, 0.1) is 5.92 Å². The van der Waals surface area contributed by atoms with E-state index in [-0.39, 0.29) is 5.92 Å². The lowest BCUT2D eigenvalue weighted by molar-refractivity contribution is -0.132. The first-order chi connectivity index (χ1) is 6.82. The Morgan fingerprint density at radius 1 is 1.53 bits per heavy atom. The molecular weight excluding hydrogens is 192 g/mol. The van der Waals surface area contributed by atoms with E-state index >= 15 is 0 Å². The van der Waals surface area contributed by atoms with Crippen LogP contribution in [0.25, 0.3) is 0 Å². The number of carbonyl (C=O) groups is 1. The largest absolute Gasteiger partial charge is 0.478 e. The van der Waals surface area contributed by atoms with Crippen molar-refractivity contribution in [3.05, 3.63) is 22.8 Å². The van der Waals surface area contributed by atoms with Crippen molar-refractivity contribution in [1.29, 1.82) is 0 Å². The fourth-order valence-electron chi connectivity index (χ4n) is 2.29. The minimum Gasteiger partial charge on any atom is -0.478 e. The second-order valence-corrected chi connectivity index (χ2v) is 4.34. The monoisotopic (exact) mass is 210 g/mol. The van der Waals surface area contributed by atoms with Crippen LogP contribution in [-0.4, -0.2) is 21.8 Å². The molecule has 1 rings (SSSR count). The zero-order valence-corrected chi connectivity index (χ0v) is 9.66. The van der Waals surface area contributed by atoms with Crippen LogP contribution in [0.4, 0.5) is 0 Å². The van der Waals surface area contributed by atoms with Gasteiger partial charge in [0.25, 0.3) is 0 Å². The predicted octanol–water partition coefficient (Wildman–Crippen LogP) is 2.12. The van der Waals surface area contributed by atoms with Crippen LogP contribution in [0.5, 0.6) is 0 Å². The van der Waals surface area contributed by atoms with Crippen LogP contribution in [0.2, 0.25) is 0 Å². The molecule has 0 saturated carbocycles. The highest BCUT2D eigenvalue weighted by atomic mass is 16.4. The van der Waals surface area contributed by atoms with E-state index in [1.807, 2.05) is 6.92 Å². The first-order valence-electron chi connectivity index (χ1n) is 5.17. The maximum absolute atomic E-state index is 11.0. The van der Waals surface area contributed by atoms with Gasteiger partial charge in [0.1, 0.15) is 0 Å². The van der Waals surface area contributed by atoms with Gasteiger partial charge in [0.15, 0.2) is 0 Å². The van der Waals surface area contributed by atoms with E-state index in [0.29, 0.717) is 5.57 Å². The molecule has 0 aromatic rings. The molecule has 15 heavy (non-hydrogen) atoms. The molecule has 0 heterocycles. The van der Waals surface area contributed by atoms with Crippen molar-refractivity contribution in [2.75, 3.05) is 0 Å². The van der Waals surface area contributed by atoms with Gasteiger partial charge in [0.05, 0.1) is 11.2 Å². The first kappa shape index (κ1) is 12.0. The Morgan fingerprint density at radius 3 is 2.47 bits per heavy atom. The van der Waals surface area contributed by atoms with E-state index in [1.54, 1.807) is 26.8 Å². The fourth-order valence-corrected chi connectivity index (χ4v) is 2.29. The Morgan fingerprint density at radius 2 is 2.07 bits per heavy atom. The minimum atomic E-state index is -0.919. The fraction of sp³-hybridized carbons (Fsp3) is 0.583. The third-order valence-electron chi connectivity index (χ3n) is 3.42. The van der Waals surface area contributed by atoms with Gasteiger partial charge in [-0.15, -0.1) is 0 Å². The van der Waals surface area contributed by atoms with Crippen molar-refractivity contribution in [2.45, 2.75) is 39.7 Å². The van der Waals surface area contributed by atoms with E-state index in [2.05, 4.69) is 0 Å². The molecule has 0 amide bonds. The summed E-state index contributed by atoms with van der Waals surface area (Å²) < 4.78 is 0. The third-order valence-corrected chi connectivity index (χ3v) is 3.42. The molecule has 0 spiro atoms. The number of carboxylic acids is 1. The summed E-state index contributed by atoms with van der Waals surface area (Å²) in [6.07, 6.45) is 2.31. The average Bonchev–Trinajstić information content (AvgIpc) is 2.11. The van der Waals surface area contributed by atoms with Crippen LogP contribution in [0.1, 0.15) is 34.1 Å². The molecule has 0 fully saturated rings. The highest BCUT2D eigenvalue weighted by molar-refractivity contribution is 5.91. The Bertz CT molecular complexity index is 348. The molecule has 0 saturated heterocycles. The zero-order valence-electron chi connectivity index (χ0n) is 9.66. The Kier molecular flexibility index (Phi) is 3.05. The van der Waals surface area contributed by atoms with Crippen molar-refractivity contribution in [2.24, 2.45) is 5.92 Å². The van der Waals surface area contributed by atoms with E-state index in [9.17, 15) is 9.90 Å². The normalized spacial score (nSPS) is 31.5. The number of rotatable bonds is 2. The van der Waals surface area contributed by atoms with Crippen LogP contribution in [0.3, 0.4) is 0 Å². The van der Waals surface area contributed by atoms with E-state index in [4.69, 9.17) is 5.11 Å². The maximum atomic E-state index is 11.0. The zero-order chi connectivity index (χ0) is 11.8. The molecule has 0 bridgehead atoms. The molecule has 3 nitrogen and oxygen atoms in total. The van der Waals surface area contributed by atoms with E-state index in [1.165, 1.54) is 0 Å². The molecule has 0 radical (unpaired) electrons. The molecule has 0 aromatic heterocycles. The number of hydrogen-bond donors (Lipinski definition) is 2. The lowest BCUT2D eigenvalue weighted by Crippen LogP contribution is -2.39. The quantitative estimate of drug-likeness (QED) is 0.734. The van der Waals surface area contributed by atoms with Gasteiger partial charge in [0, 0.05) is 5.92 Å². The molecule has 84 valence electrons. The summed E-state index contributed by atoms with van der Waals surface area (Å²) in [5, 5.41) is 19.3. The molecule has 1 aliphatic rings. The van der Waals surface area contributed by atoms with Gasteiger partial charge < -0.3 is 10.2 Å². The smallest absolute Gasteiger partial charge is 0.335 e. The summed E-state index contributed by atoms with van der Waals surface area (Å²) >= 11 is 0. The van der Waals surface area contributed by atoms with Crippen molar-refractivity contribution in [3.8, 4) is 0 Å². The van der Waals surface area contributed by atoms with E-state index in [0.717, 1.165) is 17.6 Å². The van der Waals surface area contributed by atoms with Crippen molar-refractivity contribution >= 4 is 5.97 Å². The van der Waals surface area contributed by atoms with Gasteiger partial charge in [-0.25, -0.2) is 4.79 Å². The van der Waals surface area contributed by atoms with Gasteiger partial charge >= 0.3 is 5.97 Å². The Balaban J connectivity index is 3.29. The molecule has 0 aliphatic heterocycles. The highest BCUT2D eigenvalue weighted by Gasteiger charge is 2.38.